The van der Waals surface area contributed by atoms with Crippen LogP contribution in [0.5, 0.6) is 5.75 Å². The third kappa shape index (κ3) is 5.63. The minimum Gasteiger partial charge on any atom is -0.405 e. The van der Waals surface area contributed by atoms with Crippen molar-refractivity contribution in [3.05, 3.63) is 29.8 Å². The van der Waals surface area contributed by atoms with Crippen molar-refractivity contribution >= 4 is 5.91 Å². The van der Waals surface area contributed by atoms with E-state index < -0.39 is 18.3 Å². The highest BCUT2D eigenvalue weighted by Crippen LogP contribution is 2.26. The van der Waals surface area contributed by atoms with E-state index in [1.54, 1.807) is 6.07 Å². The zero-order chi connectivity index (χ0) is 16.0. The molecule has 0 saturated carbocycles. The third-order valence-corrected chi connectivity index (χ3v) is 3.21. The molecule has 0 aliphatic carbocycles. The molecule has 7 heteroatoms. The van der Waals surface area contributed by atoms with Crippen molar-refractivity contribution in [3.63, 3.8) is 0 Å². The Morgan fingerprint density at radius 2 is 2.00 bits per heavy atom. The molecule has 0 unspecified atom stereocenters. The van der Waals surface area contributed by atoms with Crippen molar-refractivity contribution in [2.75, 3.05) is 0 Å². The third-order valence-electron chi connectivity index (χ3n) is 3.21. The highest BCUT2D eigenvalue weighted by molar-refractivity contribution is 5.81. The first-order valence-electron chi connectivity index (χ1n) is 6.61. The van der Waals surface area contributed by atoms with E-state index in [-0.39, 0.29) is 23.8 Å². The van der Waals surface area contributed by atoms with Gasteiger partial charge in [0.15, 0.2) is 0 Å². The number of alkyl halides is 3. The second-order valence-corrected chi connectivity index (χ2v) is 4.78. The number of hydrogen-bond donors (Lipinski definition) is 2. The molecule has 0 aromatic heterocycles. The Kier molecular flexibility index (Phi) is 6.02. The number of hydrogen-bond acceptors (Lipinski definition) is 3. The zero-order valence-electron chi connectivity index (χ0n) is 11.9. The van der Waals surface area contributed by atoms with E-state index in [0.29, 0.717) is 0 Å². The van der Waals surface area contributed by atoms with Crippen molar-refractivity contribution in [3.8, 4) is 5.75 Å². The molecule has 1 aromatic carbocycles. The second kappa shape index (κ2) is 7.31. The van der Waals surface area contributed by atoms with Crippen molar-refractivity contribution in [1.82, 2.24) is 5.32 Å². The Bertz CT molecular complexity index is 478. The standard InChI is InChI=1S/C14H19F3N2O2/c1-3-9(2)12(18)13(20)19-8-10-6-4-5-7-11(10)21-14(15,16)17/h4-7,9,12H,3,8,18H2,1-2H3,(H,19,20)/t9-,12-/m0/s1. The van der Waals surface area contributed by atoms with Gasteiger partial charge in [-0.15, -0.1) is 13.2 Å². The lowest BCUT2D eigenvalue weighted by Gasteiger charge is -2.18. The topological polar surface area (TPSA) is 64.4 Å². The summed E-state index contributed by atoms with van der Waals surface area (Å²) in [6.45, 7) is 3.67. The monoisotopic (exact) mass is 304 g/mol. The number of para-hydroxylation sites is 1. The summed E-state index contributed by atoms with van der Waals surface area (Å²) in [5, 5.41) is 2.53. The lowest BCUT2D eigenvalue weighted by molar-refractivity contribution is -0.274. The van der Waals surface area contributed by atoms with Crippen LogP contribution in [0.15, 0.2) is 24.3 Å². The Labute approximate surface area is 121 Å². The van der Waals surface area contributed by atoms with Crippen LogP contribution in [-0.2, 0) is 11.3 Å². The molecule has 0 radical (unpaired) electrons. The van der Waals surface area contributed by atoms with Gasteiger partial charge in [0.2, 0.25) is 5.91 Å². The SMILES string of the molecule is CC[C@H](C)[C@H](N)C(=O)NCc1ccccc1OC(F)(F)F. The molecule has 21 heavy (non-hydrogen) atoms. The largest absolute Gasteiger partial charge is 0.573 e. The van der Waals surface area contributed by atoms with Crippen molar-refractivity contribution in [1.29, 1.82) is 0 Å². The van der Waals surface area contributed by atoms with Crippen molar-refractivity contribution in [2.45, 2.75) is 39.2 Å². The Balaban J connectivity index is 2.69. The van der Waals surface area contributed by atoms with E-state index in [1.807, 2.05) is 13.8 Å². The maximum atomic E-state index is 12.3. The van der Waals surface area contributed by atoms with Crippen molar-refractivity contribution < 1.29 is 22.7 Å². The second-order valence-electron chi connectivity index (χ2n) is 4.78. The predicted octanol–water partition coefficient (Wildman–Crippen LogP) is 2.57. The predicted molar refractivity (Wildman–Crippen MR) is 72.4 cm³/mol. The van der Waals surface area contributed by atoms with Gasteiger partial charge in [-0.05, 0) is 12.0 Å². The molecular weight excluding hydrogens is 285 g/mol. The normalized spacial score (nSPS) is 14.4. The van der Waals surface area contributed by atoms with Gasteiger partial charge in [0.05, 0.1) is 6.04 Å². The fraction of sp³-hybridized carbons (Fsp3) is 0.500. The Hall–Kier alpha value is -1.76. The van der Waals surface area contributed by atoms with Gasteiger partial charge in [0.25, 0.3) is 0 Å². The van der Waals surface area contributed by atoms with Crippen LogP contribution in [0.4, 0.5) is 13.2 Å². The van der Waals surface area contributed by atoms with Crippen LogP contribution >= 0.6 is 0 Å². The van der Waals surface area contributed by atoms with Gasteiger partial charge >= 0.3 is 6.36 Å². The minimum absolute atomic E-state index is 0.00771. The van der Waals surface area contributed by atoms with Crippen LogP contribution in [0.25, 0.3) is 0 Å². The van der Waals surface area contributed by atoms with Gasteiger partial charge in [-0.25, -0.2) is 0 Å². The summed E-state index contributed by atoms with van der Waals surface area (Å²) < 4.78 is 40.7. The molecule has 0 fully saturated rings. The summed E-state index contributed by atoms with van der Waals surface area (Å²) in [6, 6.07) is 4.96. The van der Waals surface area contributed by atoms with Gasteiger partial charge in [0, 0.05) is 12.1 Å². The number of benzene rings is 1. The first-order valence-corrected chi connectivity index (χ1v) is 6.61. The highest BCUT2D eigenvalue weighted by atomic mass is 19.4. The quantitative estimate of drug-likeness (QED) is 0.849. The average Bonchev–Trinajstić information content (AvgIpc) is 2.42. The van der Waals surface area contributed by atoms with Crippen LogP contribution in [-0.4, -0.2) is 18.3 Å². The van der Waals surface area contributed by atoms with Gasteiger partial charge in [-0.2, -0.15) is 0 Å². The van der Waals surface area contributed by atoms with Crippen LogP contribution in [0.3, 0.4) is 0 Å². The number of rotatable bonds is 6. The summed E-state index contributed by atoms with van der Waals surface area (Å²) >= 11 is 0. The van der Waals surface area contributed by atoms with Gasteiger partial charge < -0.3 is 15.8 Å². The first-order chi connectivity index (χ1) is 9.74. The molecular formula is C14H19F3N2O2. The van der Waals surface area contributed by atoms with Crippen LogP contribution in [0.1, 0.15) is 25.8 Å². The van der Waals surface area contributed by atoms with E-state index in [4.69, 9.17) is 5.73 Å². The summed E-state index contributed by atoms with van der Waals surface area (Å²) in [5.74, 6) is -0.736. The number of halogens is 3. The Morgan fingerprint density at radius 1 is 1.38 bits per heavy atom. The van der Waals surface area contributed by atoms with Crippen LogP contribution < -0.4 is 15.8 Å². The smallest absolute Gasteiger partial charge is 0.405 e. The molecule has 0 heterocycles. The summed E-state index contributed by atoms with van der Waals surface area (Å²) in [5.41, 5.74) is 5.99. The number of carbonyl (C=O) groups is 1. The molecule has 1 rings (SSSR count). The summed E-state index contributed by atoms with van der Waals surface area (Å²) in [7, 11) is 0. The molecule has 0 aliphatic rings. The maximum Gasteiger partial charge on any atom is 0.573 e. The van der Waals surface area contributed by atoms with E-state index in [0.717, 1.165) is 6.42 Å². The van der Waals surface area contributed by atoms with E-state index in [2.05, 4.69) is 10.1 Å². The average molecular weight is 304 g/mol. The number of nitrogens with two attached hydrogens (primary N) is 1. The van der Waals surface area contributed by atoms with Crippen LogP contribution in [0.2, 0.25) is 0 Å². The molecule has 2 atom stereocenters. The number of amides is 1. The molecule has 0 saturated heterocycles. The fourth-order valence-electron chi connectivity index (χ4n) is 1.69. The van der Waals surface area contributed by atoms with Crippen molar-refractivity contribution in [2.24, 2.45) is 11.7 Å². The molecule has 1 amide bonds. The lowest BCUT2D eigenvalue weighted by atomic mass is 9.99. The Morgan fingerprint density at radius 3 is 2.57 bits per heavy atom. The van der Waals surface area contributed by atoms with Gasteiger partial charge in [0.1, 0.15) is 5.75 Å². The molecule has 0 bridgehead atoms. The molecule has 4 nitrogen and oxygen atoms in total. The van der Waals surface area contributed by atoms with Crippen LogP contribution in [0, 0.1) is 5.92 Å². The fourth-order valence-corrected chi connectivity index (χ4v) is 1.69. The number of ether oxygens (including phenoxy) is 1. The molecule has 118 valence electrons. The molecule has 0 spiro atoms. The zero-order valence-corrected chi connectivity index (χ0v) is 11.9. The lowest BCUT2D eigenvalue weighted by Crippen LogP contribution is -2.44. The maximum absolute atomic E-state index is 12.3. The molecule has 3 N–H and O–H groups in total. The van der Waals surface area contributed by atoms with Gasteiger partial charge in [-0.1, -0.05) is 38.5 Å². The first kappa shape index (κ1) is 17.3. The minimum atomic E-state index is -4.77. The molecule has 1 aromatic rings. The summed E-state index contributed by atoms with van der Waals surface area (Å²) in [6.07, 6.45) is -4.03. The highest BCUT2D eigenvalue weighted by Gasteiger charge is 2.32. The van der Waals surface area contributed by atoms with E-state index in [9.17, 15) is 18.0 Å². The number of carbonyl (C=O) groups excluding carboxylic acids is 1. The van der Waals surface area contributed by atoms with E-state index in [1.165, 1.54) is 18.2 Å². The summed E-state index contributed by atoms with van der Waals surface area (Å²) in [4.78, 5) is 11.8. The van der Waals surface area contributed by atoms with E-state index >= 15 is 0 Å². The number of nitrogens with one attached hydrogen (secondary N) is 1. The van der Waals surface area contributed by atoms with Gasteiger partial charge in [-0.3, -0.25) is 4.79 Å². The molecule has 0 aliphatic heterocycles.